The van der Waals surface area contributed by atoms with Gasteiger partial charge in [0, 0.05) is 16.9 Å². The van der Waals surface area contributed by atoms with Crippen LogP contribution in [0.5, 0.6) is 0 Å². The Kier molecular flexibility index (Phi) is 4.79. The van der Waals surface area contributed by atoms with Crippen LogP contribution in [0, 0.1) is 0 Å². The van der Waals surface area contributed by atoms with Gasteiger partial charge in [-0.05, 0) is 46.5 Å². The number of hydrogen-bond acceptors (Lipinski definition) is 4. The van der Waals surface area contributed by atoms with Gasteiger partial charge in [0.1, 0.15) is 5.69 Å². The molecule has 0 radical (unpaired) electrons. The number of nitrogens with zero attached hydrogens (tertiary/aromatic N) is 2. The molecule has 2 aromatic rings. The summed E-state index contributed by atoms with van der Waals surface area (Å²) in [4.78, 5) is 20.4. The second kappa shape index (κ2) is 6.36. The van der Waals surface area contributed by atoms with Crippen LogP contribution in [0.3, 0.4) is 0 Å². The summed E-state index contributed by atoms with van der Waals surface area (Å²) in [5.74, 6) is -0.299. The Labute approximate surface area is 128 Å². The SMILES string of the molecule is CSc1ncc(Br)c(C(=O)Nc2ccc(Cl)cc2)n1. The summed E-state index contributed by atoms with van der Waals surface area (Å²) in [7, 11) is 0. The van der Waals surface area contributed by atoms with Crippen molar-refractivity contribution < 1.29 is 4.79 Å². The number of rotatable bonds is 3. The second-order valence-corrected chi connectivity index (χ2v) is 5.58. The summed E-state index contributed by atoms with van der Waals surface area (Å²) >= 11 is 10.4. The van der Waals surface area contributed by atoms with Crippen LogP contribution in [0.2, 0.25) is 5.02 Å². The number of hydrogen-bond donors (Lipinski definition) is 1. The molecule has 0 atom stereocenters. The van der Waals surface area contributed by atoms with Gasteiger partial charge < -0.3 is 5.32 Å². The number of nitrogens with one attached hydrogen (secondary N) is 1. The molecule has 0 spiro atoms. The first kappa shape index (κ1) is 14.3. The zero-order chi connectivity index (χ0) is 13.8. The Balaban J connectivity index is 2.22. The largest absolute Gasteiger partial charge is 0.321 e. The van der Waals surface area contributed by atoms with E-state index in [0.717, 1.165) is 0 Å². The molecular weight excluding hydrogens is 350 g/mol. The van der Waals surface area contributed by atoms with Gasteiger partial charge in [-0.3, -0.25) is 4.79 Å². The van der Waals surface area contributed by atoms with Crippen LogP contribution in [-0.4, -0.2) is 22.1 Å². The number of carbonyl (C=O) groups is 1. The molecule has 4 nitrogen and oxygen atoms in total. The van der Waals surface area contributed by atoms with Crippen molar-refractivity contribution >= 4 is 50.9 Å². The molecule has 0 unspecified atom stereocenters. The zero-order valence-corrected chi connectivity index (χ0v) is 13.0. The third kappa shape index (κ3) is 3.68. The van der Waals surface area contributed by atoms with Crippen LogP contribution in [0.25, 0.3) is 0 Å². The zero-order valence-electron chi connectivity index (χ0n) is 9.85. The van der Waals surface area contributed by atoms with Gasteiger partial charge in [-0.1, -0.05) is 23.4 Å². The highest BCUT2D eigenvalue weighted by molar-refractivity contribution is 9.10. The first-order valence-corrected chi connectivity index (χ1v) is 7.63. The van der Waals surface area contributed by atoms with E-state index in [1.165, 1.54) is 11.8 Å². The fourth-order valence-corrected chi connectivity index (χ4v) is 2.17. The Hall–Kier alpha value is -1.11. The molecule has 0 bridgehead atoms. The number of carbonyl (C=O) groups excluding carboxylic acids is 1. The van der Waals surface area contributed by atoms with Crippen molar-refractivity contribution in [1.82, 2.24) is 9.97 Å². The highest BCUT2D eigenvalue weighted by Crippen LogP contribution is 2.19. The molecule has 19 heavy (non-hydrogen) atoms. The quantitative estimate of drug-likeness (QED) is 0.668. The average Bonchev–Trinajstić information content (AvgIpc) is 2.42. The molecular formula is C12H9BrClN3OS. The van der Waals surface area contributed by atoms with Crippen LogP contribution in [0.4, 0.5) is 5.69 Å². The van der Waals surface area contributed by atoms with Crippen LogP contribution < -0.4 is 5.32 Å². The standard InChI is InChI=1S/C12H9BrClN3OS/c1-19-12-15-6-9(13)10(17-12)11(18)16-8-4-2-7(14)3-5-8/h2-6H,1H3,(H,16,18). The third-order valence-electron chi connectivity index (χ3n) is 2.22. The Morgan fingerprint density at radius 2 is 2.05 bits per heavy atom. The van der Waals surface area contributed by atoms with E-state index in [0.29, 0.717) is 26.0 Å². The first-order chi connectivity index (χ1) is 9.10. The summed E-state index contributed by atoms with van der Waals surface area (Å²) in [6.07, 6.45) is 3.42. The van der Waals surface area contributed by atoms with Crippen LogP contribution in [0.1, 0.15) is 10.5 Å². The van der Waals surface area contributed by atoms with Crippen molar-refractivity contribution in [2.45, 2.75) is 5.16 Å². The maximum Gasteiger partial charge on any atom is 0.275 e. The molecule has 0 aliphatic carbocycles. The first-order valence-electron chi connectivity index (χ1n) is 5.23. The van der Waals surface area contributed by atoms with Gasteiger partial charge in [-0.2, -0.15) is 0 Å². The minimum Gasteiger partial charge on any atom is -0.321 e. The topological polar surface area (TPSA) is 54.9 Å². The number of benzene rings is 1. The van der Waals surface area contributed by atoms with E-state index in [-0.39, 0.29) is 5.91 Å². The molecule has 0 aliphatic heterocycles. The smallest absolute Gasteiger partial charge is 0.275 e. The van der Waals surface area contributed by atoms with Crippen molar-refractivity contribution in [3.8, 4) is 0 Å². The summed E-state index contributed by atoms with van der Waals surface area (Å²) in [6, 6.07) is 6.87. The van der Waals surface area contributed by atoms with E-state index in [9.17, 15) is 4.79 Å². The predicted octanol–water partition coefficient (Wildman–Crippen LogP) is 3.87. The van der Waals surface area contributed by atoms with E-state index in [1.54, 1.807) is 30.5 Å². The maximum absolute atomic E-state index is 12.1. The van der Waals surface area contributed by atoms with Crippen LogP contribution in [-0.2, 0) is 0 Å². The number of halogens is 2. The number of thioether (sulfide) groups is 1. The van der Waals surface area contributed by atoms with Crippen LogP contribution in [0.15, 0.2) is 40.1 Å². The summed E-state index contributed by atoms with van der Waals surface area (Å²) in [5.41, 5.74) is 0.958. The molecule has 1 aromatic carbocycles. The fourth-order valence-electron chi connectivity index (χ4n) is 1.33. The summed E-state index contributed by atoms with van der Waals surface area (Å²) in [6.45, 7) is 0. The number of aromatic nitrogens is 2. The van der Waals surface area contributed by atoms with Gasteiger partial charge in [-0.15, -0.1) is 0 Å². The summed E-state index contributed by atoms with van der Waals surface area (Å²) in [5, 5.41) is 3.91. The molecule has 0 fully saturated rings. The van der Waals surface area contributed by atoms with Crippen LogP contribution >= 0.6 is 39.3 Å². The average molecular weight is 359 g/mol. The van der Waals surface area contributed by atoms with E-state index in [4.69, 9.17) is 11.6 Å². The second-order valence-electron chi connectivity index (χ2n) is 3.51. The van der Waals surface area contributed by atoms with Crippen molar-refractivity contribution in [1.29, 1.82) is 0 Å². The van der Waals surface area contributed by atoms with Gasteiger partial charge in [-0.25, -0.2) is 9.97 Å². The molecule has 7 heteroatoms. The lowest BCUT2D eigenvalue weighted by molar-refractivity contribution is 0.102. The molecule has 1 aromatic heterocycles. The van der Waals surface area contributed by atoms with E-state index < -0.39 is 0 Å². The third-order valence-corrected chi connectivity index (χ3v) is 3.62. The molecule has 98 valence electrons. The molecule has 0 saturated carbocycles. The van der Waals surface area contributed by atoms with Crippen molar-refractivity contribution in [3.05, 3.63) is 45.7 Å². The maximum atomic E-state index is 12.1. The number of anilines is 1. The highest BCUT2D eigenvalue weighted by Gasteiger charge is 2.13. The van der Waals surface area contributed by atoms with Gasteiger partial charge in [0.2, 0.25) is 0 Å². The summed E-state index contributed by atoms with van der Waals surface area (Å²) < 4.78 is 0.553. The van der Waals surface area contributed by atoms with E-state index in [2.05, 4.69) is 31.2 Å². The van der Waals surface area contributed by atoms with Crippen molar-refractivity contribution in [3.63, 3.8) is 0 Å². The Morgan fingerprint density at radius 3 is 2.68 bits per heavy atom. The molecule has 0 saturated heterocycles. The highest BCUT2D eigenvalue weighted by atomic mass is 79.9. The van der Waals surface area contributed by atoms with Crippen molar-refractivity contribution in [2.24, 2.45) is 0 Å². The Bertz CT molecular complexity index is 606. The normalized spacial score (nSPS) is 10.3. The predicted molar refractivity (Wildman–Crippen MR) is 80.9 cm³/mol. The fraction of sp³-hybridized carbons (Fsp3) is 0.0833. The van der Waals surface area contributed by atoms with Gasteiger partial charge in [0.25, 0.3) is 5.91 Å². The van der Waals surface area contributed by atoms with E-state index in [1.807, 2.05) is 6.26 Å². The van der Waals surface area contributed by atoms with Gasteiger partial charge in [0.05, 0.1) is 4.47 Å². The van der Waals surface area contributed by atoms with E-state index >= 15 is 0 Å². The molecule has 2 rings (SSSR count). The molecule has 1 amide bonds. The number of amides is 1. The monoisotopic (exact) mass is 357 g/mol. The Morgan fingerprint density at radius 1 is 1.37 bits per heavy atom. The minimum atomic E-state index is -0.299. The molecule has 1 N–H and O–H groups in total. The minimum absolute atomic E-state index is 0.299. The van der Waals surface area contributed by atoms with Gasteiger partial charge >= 0.3 is 0 Å². The lowest BCUT2D eigenvalue weighted by Crippen LogP contribution is -2.15. The van der Waals surface area contributed by atoms with Gasteiger partial charge in [0.15, 0.2) is 5.16 Å². The lowest BCUT2D eigenvalue weighted by atomic mass is 10.3. The lowest BCUT2D eigenvalue weighted by Gasteiger charge is -2.07. The molecule has 0 aliphatic rings. The van der Waals surface area contributed by atoms with Crippen molar-refractivity contribution in [2.75, 3.05) is 11.6 Å². The molecule has 1 heterocycles.